The number of methoxy groups -OCH3 is 1. The molecule has 0 aliphatic rings. The van der Waals surface area contributed by atoms with E-state index in [0.29, 0.717) is 31.2 Å². The zero-order valence-corrected chi connectivity index (χ0v) is 15.6. The number of amides is 1. The number of carbonyl (C=O) groups excluding carboxylic acids is 2. The summed E-state index contributed by atoms with van der Waals surface area (Å²) < 4.78 is 6.12. The lowest BCUT2D eigenvalue weighted by Gasteiger charge is -2.04. The van der Waals surface area contributed by atoms with Gasteiger partial charge in [-0.15, -0.1) is 22.7 Å². The van der Waals surface area contributed by atoms with E-state index in [4.69, 9.17) is 4.74 Å². The zero-order chi connectivity index (χ0) is 18.3. The third-order valence-corrected chi connectivity index (χ3v) is 5.87. The molecule has 1 N–H and O–H groups in total. The molecule has 0 spiro atoms. The van der Waals surface area contributed by atoms with Crippen molar-refractivity contribution in [2.24, 2.45) is 7.05 Å². The van der Waals surface area contributed by atoms with Crippen LogP contribution < -0.4 is 10.9 Å². The number of carbonyl (C=O) groups is 2. The van der Waals surface area contributed by atoms with Crippen LogP contribution in [0, 0.1) is 13.8 Å². The first kappa shape index (κ1) is 17.3. The van der Waals surface area contributed by atoms with Gasteiger partial charge in [-0.25, -0.2) is 9.78 Å². The fraction of sp³-hybridized carbons (Fsp3) is 0.250. The Morgan fingerprint density at radius 2 is 2.00 bits per heavy atom. The van der Waals surface area contributed by atoms with Crippen LogP contribution in [0.2, 0.25) is 0 Å². The molecular weight excluding hydrogens is 362 g/mol. The normalized spacial score (nSPS) is 10.9. The van der Waals surface area contributed by atoms with Crippen LogP contribution in [0.25, 0.3) is 10.2 Å². The predicted molar refractivity (Wildman–Crippen MR) is 97.9 cm³/mol. The van der Waals surface area contributed by atoms with Crippen LogP contribution in [-0.4, -0.2) is 28.5 Å². The average Bonchev–Trinajstić information content (AvgIpc) is 3.10. The van der Waals surface area contributed by atoms with E-state index >= 15 is 0 Å². The maximum absolute atomic E-state index is 12.7. The third-order valence-electron chi connectivity index (χ3n) is 3.70. The molecule has 7 nitrogen and oxygen atoms in total. The van der Waals surface area contributed by atoms with Gasteiger partial charge in [0.05, 0.1) is 29.3 Å². The maximum Gasteiger partial charge on any atom is 0.340 e. The van der Waals surface area contributed by atoms with Gasteiger partial charge in [-0.05, 0) is 25.5 Å². The molecule has 3 heterocycles. The molecule has 0 radical (unpaired) electrons. The molecule has 0 saturated carbocycles. The Bertz CT molecular complexity index is 1060. The highest BCUT2D eigenvalue weighted by Gasteiger charge is 2.22. The molecule has 9 heteroatoms. The molecule has 3 rings (SSSR count). The number of esters is 1. The van der Waals surface area contributed by atoms with Gasteiger partial charge in [-0.1, -0.05) is 0 Å². The van der Waals surface area contributed by atoms with Crippen LogP contribution in [-0.2, 0) is 11.8 Å². The summed E-state index contributed by atoms with van der Waals surface area (Å²) in [5.74, 6) is -0.891. The van der Waals surface area contributed by atoms with Gasteiger partial charge in [0, 0.05) is 11.9 Å². The minimum atomic E-state index is -0.511. The molecule has 0 atom stereocenters. The smallest absolute Gasteiger partial charge is 0.340 e. The minimum absolute atomic E-state index is 0.194. The van der Waals surface area contributed by atoms with Crippen molar-refractivity contribution in [3.63, 3.8) is 0 Å². The highest BCUT2D eigenvalue weighted by Crippen LogP contribution is 2.31. The average molecular weight is 377 g/mol. The van der Waals surface area contributed by atoms with Gasteiger partial charge < -0.3 is 14.6 Å². The number of rotatable bonds is 3. The maximum atomic E-state index is 12.7. The first-order valence-electron chi connectivity index (χ1n) is 7.28. The standard InChI is InChI=1S/C16H15N3O4S2/c1-7-5-9(16(22)23-4)13(24-7)18-12(20)11-8(2)10-14(25-11)17-6-19(3)15(10)21/h5-6H,1-4H3,(H,18,20). The van der Waals surface area contributed by atoms with Gasteiger partial charge in [-0.3, -0.25) is 9.59 Å². The lowest BCUT2D eigenvalue weighted by Crippen LogP contribution is -2.17. The lowest BCUT2D eigenvalue weighted by molar-refractivity contribution is 0.0602. The summed E-state index contributed by atoms with van der Waals surface area (Å²) in [5.41, 5.74) is 0.699. The topological polar surface area (TPSA) is 90.3 Å². The molecule has 25 heavy (non-hydrogen) atoms. The Hall–Kier alpha value is -2.52. The Morgan fingerprint density at radius 3 is 2.68 bits per heavy atom. The summed E-state index contributed by atoms with van der Waals surface area (Å²) in [4.78, 5) is 42.8. The SMILES string of the molecule is COC(=O)c1cc(C)sc1NC(=O)c1sc2ncn(C)c(=O)c2c1C. The van der Waals surface area contributed by atoms with Crippen molar-refractivity contribution in [3.05, 3.63) is 43.6 Å². The van der Waals surface area contributed by atoms with Crippen molar-refractivity contribution in [1.82, 2.24) is 9.55 Å². The summed E-state index contributed by atoms with van der Waals surface area (Å²) in [6.07, 6.45) is 1.43. The van der Waals surface area contributed by atoms with Crippen molar-refractivity contribution in [1.29, 1.82) is 0 Å². The van der Waals surface area contributed by atoms with E-state index in [2.05, 4.69) is 10.3 Å². The number of anilines is 1. The van der Waals surface area contributed by atoms with Crippen LogP contribution in [0.4, 0.5) is 5.00 Å². The van der Waals surface area contributed by atoms with Crippen molar-refractivity contribution in [2.75, 3.05) is 12.4 Å². The molecule has 130 valence electrons. The highest BCUT2D eigenvalue weighted by atomic mass is 32.1. The van der Waals surface area contributed by atoms with Crippen LogP contribution >= 0.6 is 22.7 Å². The molecule has 3 aromatic rings. The monoisotopic (exact) mass is 377 g/mol. The fourth-order valence-electron chi connectivity index (χ4n) is 2.45. The number of aromatic nitrogens is 2. The van der Waals surface area contributed by atoms with E-state index in [1.165, 1.54) is 29.3 Å². The first-order valence-corrected chi connectivity index (χ1v) is 8.91. The largest absolute Gasteiger partial charge is 0.465 e. The van der Waals surface area contributed by atoms with Gasteiger partial charge in [0.2, 0.25) is 0 Å². The Kier molecular flexibility index (Phi) is 4.44. The second-order valence-corrected chi connectivity index (χ2v) is 7.70. The quantitative estimate of drug-likeness (QED) is 0.709. The van der Waals surface area contributed by atoms with Gasteiger partial charge >= 0.3 is 5.97 Å². The van der Waals surface area contributed by atoms with Crippen molar-refractivity contribution in [2.45, 2.75) is 13.8 Å². The molecule has 0 saturated heterocycles. The molecule has 1 amide bonds. The van der Waals surface area contributed by atoms with Crippen LogP contribution in [0.15, 0.2) is 17.2 Å². The van der Waals surface area contributed by atoms with Gasteiger partial charge in [0.25, 0.3) is 11.5 Å². The van der Waals surface area contributed by atoms with E-state index < -0.39 is 5.97 Å². The Labute approximate surface area is 150 Å². The lowest BCUT2D eigenvalue weighted by atomic mass is 10.2. The molecule has 3 aromatic heterocycles. The Morgan fingerprint density at radius 1 is 1.28 bits per heavy atom. The number of aryl methyl sites for hydroxylation is 3. The number of thiophene rings is 2. The second-order valence-electron chi connectivity index (χ2n) is 5.44. The molecule has 0 fully saturated rings. The minimum Gasteiger partial charge on any atom is -0.465 e. The van der Waals surface area contributed by atoms with Crippen molar-refractivity contribution < 1.29 is 14.3 Å². The van der Waals surface area contributed by atoms with E-state index in [1.54, 1.807) is 20.0 Å². The van der Waals surface area contributed by atoms with Gasteiger partial charge in [0.1, 0.15) is 9.83 Å². The molecule has 0 unspecified atom stereocenters. The van der Waals surface area contributed by atoms with Gasteiger partial charge in [-0.2, -0.15) is 0 Å². The number of nitrogens with zero attached hydrogens (tertiary/aromatic N) is 2. The molecule has 0 aliphatic carbocycles. The molecular formula is C16H15N3O4S2. The van der Waals surface area contributed by atoms with Crippen LogP contribution in [0.5, 0.6) is 0 Å². The van der Waals surface area contributed by atoms with Crippen LogP contribution in [0.1, 0.15) is 30.5 Å². The van der Waals surface area contributed by atoms with E-state index in [0.717, 1.165) is 16.2 Å². The summed E-state index contributed by atoms with van der Waals surface area (Å²) in [5, 5.41) is 3.61. The fourth-order valence-corrected chi connectivity index (χ4v) is 4.38. The molecule has 0 aromatic carbocycles. The van der Waals surface area contributed by atoms with Crippen molar-refractivity contribution in [3.8, 4) is 0 Å². The number of hydrogen-bond acceptors (Lipinski definition) is 7. The zero-order valence-electron chi connectivity index (χ0n) is 14.0. The first-order chi connectivity index (χ1) is 11.8. The number of nitrogens with one attached hydrogen (secondary N) is 1. The third kappa shape index (κ3) is 2.96. The summed E-state index contributed by atoms with van der Waals surface area (Å²) in [6, 6.07) is 1.67. The number of ether oxygens (including phenoxy) is 1. The summed E-state index contributed by atoms with van der Waals surface area (Å²) in [7, 11) is 2.90. The van der Waals surface area contributed by atoms with Crippen LogP contribution in [0.3, 0.4) is 0 Å². The Balaban J connectivity index is 2.02. The predicted octanol–water partition coefficient (Wildman–Crippen LogP) is 2.71. The van der Waals surface area contributed by atoms with E-state index in [1.807, 2.05) is 6.92 Å². The molecule has 0 bridgehead atoms. The molecule has 0 aliphatic heterocycles. The summed E-state index contributed by atoms with van der Waals surface area (Å²) in [6.45, 7) is 3.56. The second kappa shape index (κ2) is 6.41. The van der Waals surface area contributed by atoms with Gasteiger partial charge in [0.15, 0.2) is 0 Å². The van der Waals surface area contributed by atoms with E-state index in [9.17, 15) is 14.4 Å². The van der Waals surface area contributed by atoms with Crippen molar-refractivity contribution >= 4 is 49.8 Å². The number of hydrogen-bond donors (Lipinski definition) is 1. The summed E-state index contributed by atoms with van der Waals surface area (Å²) >= 11 is 2.44. The van der Waals surface area contributed by atoms with E-state index in [-0.39, 0.29) is 11.5 Å². The number of fused-ring (bicyclic) bond motifs is 1. The highest BCUT2D eigenvalue weighted by molar-refractivity contribution is 7.21.